The molecule has 1 amide bonds. The van der Waals surface area contributed by atoms with Crippen molar-refractivity contribution in [3.05, 3.63) is 23.7 Å². The fourth-order valence-corrected chi connectivity index (χ4v) is 2.58. The monoisotopic (exact) mass is 299 g/mol. The molecule has 3 nitrogen and oxygen atoms in total. The summed E-state index contributed by atoms with van der Waals surface area (Å²) in [6, 6.07) is 2.22. The maximum absolute atomic E-state index is 12.5. The lowest BCUT2D eigenvalue weighted by atomic mass is 9.91. The Morgan fingerprint density at radius 1 is 1.59 bits per heavy atom. The van der Waals surface area contributed by atoms with E-state index in [0.717, 1.165) is 42.5 Å². The van der Waals surface area contributed by atoms with Gasteiger partial charge in [0, 0.05) is 24.3 Å². The molecule has 1 heterocycles. The maximum Gasteiger partial charge on any atom is 0.257 e. The fourth-order valence-electron chi connectivity index (χ4n) is 2.20. The molecule has 0 saturated heterocycles. The summed E-state index contributed by atoms with van der Waals surface area (Å²) in [6.45, 7) is 2.78. The average Bonchev–Trinajstić information content (AvgIpc) is 2.73. The number of amides is 1. The Balaban J connectivity index is 2.15. The van der Waals surface area contributed by atoms with E-state index in [-0.39, 0.29) is 5.91 Å². The minimum absolute atomic E-state index is 0.125. The molecule has 17 heavy (non-hydrogen) atoms. The second-order valence-electron chi connectivity index (χ2n) is 4.38. The Morgan fingerprint density at radius 2 is 2.35 bits per heavy atom. The van der Waals surface area contributed by atoms with Gasteiger partial charge < -0.3 is 9.32 Å². The van der Waals surface area contributed by atoms with Gasteiger partial charge >= 0.3 is 0 Å². The first-order chi connectivity index (χ1) is 8.27. The molecular weight excluding hydrogens is 282 g/mol. The third-order valence-electron chi connectivity index (χ3n) is 3.40. The Bertz CT molecular complexity index is 385. The number of carbonyl (C=O) groups is 1. The lowest BCUT2D eigenvalue weighted by Crippen LogP contribution is -2.45. The standard InChI is InChI=1S/C13H18BrNO2/c1-2-12-11(6-9-17-12)13(16)15(8-7-14)10-4-3-5-10/h6,9-10H,2-5,7-8H2,1H3. The lowest BCUT2D eigenvalue weighted by molar-refractivity contribution is 0.0597. The van der Waals surface area contributed by atoms with E-state index in [1.807, 2.05) is 11.8 Å². The Morgan fingerprint density at radius 3 is 2.88 bits per heavy atom. The summed E-state index contributed by atoms with van der Waals surface area (Å²) in [7, 11) is 0. The number of hydrogen-bond acceptors (Lipinski definition) is 2. The van der Waals surface area contributed by atoms with Crippen molar-refractivity contribution in [3.8, 4) is 0 Å². The summed E-state index contributed by atoms with van der Waals surface area (Å²) >= 11 is 3.42. The molecule has 1 aliphatic rings. The predicted octanol–water partition coefficient (Wildman–Crippen LogP) is 3.23. The molecule has 94 valence electrons. The predicted molar refractivity (Wildman–Crippen MR) is 70.6 cm³/mol. The number of rotatable bonds is 5. The SMILES string of the molecule is CCc1occc1C(=O)N(CCBr)C1CCC1. The van der Waals surface area contributed by atoms with Gasteiger partial charge in [0.1, 0.15) is 5.76 Å². The molecule has 0 aromatic carbocycles. The van der Waals surface area contributed by atoms with Gasteiger partial charge in [-0.3, -0.25) is 4.79 Å². The minimum Gasteiger partial charge on any atom is -0.469 e. The molecule has 0 unspecified atom stereocenters. The molecule has 1 saturated carbocycles. The maximum atomic E-state index is 12.5. The van der Waals surface area contributed by atoms with E-state index in [4.69, 9.17) is 4.42 Å². The van der Waals surface area contributed by atoms with E-state index in [1.54, 1.807) is 12.3 Å². The van der Waals surface area contributed by atoms with E-state index in [0.29, 0.717) is 6.04 Å². The highest BCUT2D eigenvalue weighted by molar-refractivity contribution is 9.09. The van der Waals surface area contributed by atoms with Crippen LogP contribution < -0.4 is 0 Å². The highest BCUT2D eigenvalue weighted by Gasteiger charge is 2.30. The molecule has 0 bridgehead atoms. The van der Waals surface area contributed by atoms with Crippen LogP contribution in [-0.2, 0) is 6.42 Å². The second kappa shape index (κ2) is 5.71. The summed E-state index contributed by atoms with van der Waals surface area (Å²) in [5, 5.41) is 0.828. The van der Waals surface area contributed by atoms with Gasteiger partial charge in [-0.2, -0.15) is 0 Å². The summed E-state index contributed by atoms with van der Waals surface area (Å²) < 4.78 is 5.34. The molecule has 1 aromatic rings. The number of aryl methyl sites for hydroxylation is 1. The van der Waals surface area contributed by atoms with Crippen molar-refractivity contribution in [2.45, 2.75) is 38.6 Å². The van der Waals surface area contributed by atoms with E-state index < -0.39 is 0 Å². The first-order valence-corrected chi connectivity index (χ1v) is 7.33. The van der Waals surface area contributed by atoms with Gasteiger partial charge in [0.05, 0.1) is 11.8 Å². The van der Waals surface area contributed by atoms with Gasteiger partial charge in [0.15, 0.2) is 0 Å². The number of halogens is 1. The lowest BCUT2D eigenvalue weighted by Gasteiger charge is -2.37. The van der Waals surface area contributed by atoms with Crippen LogP contribution in [0.2, 0.25) is 0 Å². The number of alkyl halides is 1. The van der Waals surface area contributed by atoms with Gasteiger partial charge in [0.2, 0.25) is 0 Å². The van der Waals surface area contributed by atoms with Crippen LogP contribution in [0.1, 0.15) is 42.3 Å². The fraction of sp³-hybridized carbons (Fsp3) is 0.615. The van der Waals surface area contributed by atoms with Gasteiger partial charge in [-0.15, -0.1) is 0 Å². The Labute approximate surface area is 110 Å². The largest absolute Gasteiger partial charge is 0.469 e. The quantitative estimate of drug-likeness (QED) is 0.782. The molecule has 2 rings (SSSR count). The average molecular weight is 300 g/mol. The van der Waals surface area contributed by atoms with Crippen LogP contribution in [0.5, 0.6) is 0 Å². The zero-order chi connectivity index (χ0) is 12.3. The second-order valence-corrected chi connectivity index (χ2v) is 5.18. The summed E-state index contributed by atoms with van der Waals surface area (Å²) in [5.74, 6) is 0.925. The van der Waals surface area contributed by atoms with Crippen LogP contribution in [0.25, 0.3) is 0 Å². The molecule has 0 aliphatic heterocycles. The van der Waals surface area contributed by atoms with Crippen LogP contribution in [0.3, 0.4) is 0 Å². The highest BCUT2D eigenvalue weighted by Crippen LogP contribution is 2.27. The van der Waals surface area contributed by atoms with Crippen molar-refractivity contribution in [2.75, 3.05) is 11.9 Å². The van der Waals surface area contributed by atoms with E-state index >= 15 is 0 Å². The Hall–Kier alpha value is -0.770. The van der Waals surface area contributed by atoms with Crippen molar-refractivity contribution < 1.29 is 9.21 Å². The summed E-state index contributed by atoms with van der Waals surface area (Å²) in [5.41, 5.74) is 0.736. The van der Waals surface area contributed by atoms with E-state index in [1.165, 1.54) is 6.42 Å². The zero-order valence-electron chi connectivity index (χ0n) is 10.1. The third-order valence-corrected chi connectivity index (χ3v) is 3.75. The van der Waals surface area contributed by atoms with Crippen LogP contribution in [-0.4, -0.2) is 28.7 Å². The van der Waals surface area contributed by atoms with Crippen molar-refractivity contribution >= 4 is 21.8 Å². The molecule has 0 atom stereocenters. The van der Waals surface area contributed by atoms with Crippen LogP contribution >= 0.6 is 15.9 Å². The highest BCUT2D eigenvalue weighted by atomic mass is 79.9. The van der Waals surface area contributed by atoms with Crippen LogP contribution in [0.4, 0.5) is 0 Å². The normalized spacial score (nSPS) is 15.6. The molecule has 4 heteroatoms. The van der Waals surface area contributed by atoms with Crippen LogP contribution in [0.15, 0.2) is 16.7 Å². The molecule has 0 N–H and O–H groups in total. The van der Waals surface area contributed by atoms with E-state index in [2.05, 4.69) is 15.9 Å². The summed E-state index contributed by atoms with van der Waals surface area (Å²) in [6.07, 6.45) is 5.89. The number of furan rings is 1. The summed E-state index contributed by atoms with van der Waals surface area (Å²) in [4.78, 5) is 14.4. The number of hydrogen-bond donors (Lipinski definition) is 0. The smallest absolute Gasteiger partial charge is 0.257 e. The number of nitrogens with zero attached hydrogens (tertiary/aromatic N) is 1. The first-order valence-electron chi connectivity index (χ1n) is 6.21. The number of carbonyl (C=O) groups excluding carboxylic acids is 1. The molecule has 0 spiro atoms. The molecular formula is C13H18BrNO2. The first kappa shape index (κ1) is 12.7. The van der Waals surface area contributed by atoms with Gasteiger partial charge in [-0.1, -0.05) is 22.9 Å². The Kier molecular flexibility index (Phi) is 4.26. The molecule has 1 fully saturated rings. The van der Waals surface area contributed by atoms with Crippen molar-refractivity contribution in [1.82, 2.24) is 4.90 Å². The van der Waals surface area contributed by atoms with Crippen molar-refractivity contribution in [1.29, 1.82) is 0 Å². The topological polar surface area (TPSA) is 33.5 Å². The van der Waals surface area contributed by atoms with Crippen LogP contribution in [0, 0.1) is 0 Å². The molecule has 0 radical (unpaired) electrons. The molecule has 1 aliphatic carbocycles. The minimum atomic E-state index is 0.125. The van der Waals surface area contributed by atoms with Gasteiger partial charge in [-0.25, -0.2) is 0 Å². The van der Waals surface area contributed by atoms with Gasteiger partial charge in [-0.05, 0) is 25.3 Å². The van der Waals surface area contributed by atoms with Crippen molar-refractivity contribution in [2.24, 2.45) is 0 Å². The zero-order valence-corrected chi connectivity index (χ0v) is 11.7. The third kappa shape index (κ3) is 2.57. The van der Waals surface area contributed by atoms with Crippen molar-refractivity contribution in [3.63, 3.8) is 0 Å². The van der Waals surface area contributed by atoms with Gasteiger partial charge in [0.25, 0.3) is 5.91 Å². The van der Waals surface area contributed by atoms with E-state index in [9.17, 15) is 4.79 Å². The molecule has 1 aromatic heterocycles.